The second-order valence-electron chi connectivity index (χ2n) is 7.68. The molecule has 0 aliphatic rings. The van der Waals surface area contributed by atoms with Gasteiger partial charge in [-0.05, 0) is 62.4 Å². The van der Waals surface area contributed by atoms with E-state index in [9.17, 15) is 18.4 Å². The first-order valence-corrected chi connectivity index (χ1v) is 10.9. The molecule has 3 aromatic heterocycles. The highest BCUT2D eigenvalue weighted by molar-refractivity contribution is 6.38. The minimum atomic E-state index is -0.396. The van der Waals surface area contributed by atoms with E-state index < -0.39 is 5.82 Å². The highest BCUT2D eigenvalue weighted by Gasteiger charge is 2.15. The lowest BCUT2D eigenvalue weighted by molar-refractivity contribution is 0.100. The first-order chi connectivity index (χ1) is 16.8. The van der Waals surface area contributed by atoms with Gasteiger partial charge in [-0.1, -0.05) is 17.7 Å². The molecule has 0 fully saturated rings. The Morgan fingerprint density at radius 2 is 1.31 bits per heavy atom. The summed E-state index contributed by atoms with van der Waals surface area (Å²) in [6, 6.07) is 13.9. The normalized spacial score (nSPS) is 10.7. The Morgan fingerprint density at radius 3 is 1.89 bits per heavy atom. The van der Waals surface area contributed by atoms with Gasteiger partial charge < -0.3 is 0 Å². The largest absolute Gasteiger partial charge is 0.294 e. The number of rotatable bonds is 3. The van der Waals surface area contributed by atoms with Crippen molar-refractivity contribution in [2.24, 2.45) is 0 Å². The van der Waals surface area contributed by atoms with Crippen LogP contribution < -0.4 is 0 Å². The summed E-state index contributed by atoms with van der Waals surface area (Å²) in [7, 11) is 0. The molecule has 0 atom stereocenters. The van der Waals surface area contributed by atoms with E-state index in [2.05, 4.69) is 15.0 Å². The van der Waals surface area contributed by atoms with Crippen LogP contribution in [0.25, 0.3) is 33.1 Å². The van der Waals surface area contributed by atoms with E-state index in [0.29, 0.717) is 44.2 Å². The molecular weight excluding hydrogens is 472 g/mol. The maximum absolute atomic E-state index is 13.5. The van der Waals surface area contributed by atoms with Crippen molar-refractivity contribution >= 4 is 45.0 Å². The van der Waals surface area contributed by atoms with Gasteiger partial charge in [0.1, 0.15) is 11.6 Å². The molecule has 0 N–H and O–H groups in total. The number of hydrogen-bond acceptors (Lipinski definition) is 5. The molecular formula is C27H18ClF2N3O2. The van der Waals surface area contributed by atoms with Gasteiger partial charge >= 0.3 is 0 Å². The minimum absolute atomic E-state index is 0.121. The van der Waals surface area contributed by atoms with Crippen molar-refractivity contribution < 1.29 is 18.4 Å². The zero-order valence-electron chi connectivity index (χ0n) is 18.7. The van der Waals surface area contributed by atoms with Gasteiger partial charge in [-0.15, -0.1) is 0 Å². The van der Waals surface area contributed by atoms with Crippen molar-refractivity contribution in [1.29, 1.82) is 0 Å². The maximum atomic E-state index is 13.5. The zero-order valence-corrected chi connectivity index (χ0v) is 19.5. The standard InChI is InChI=1S/C16H11FN2O.C11H7ClFNO/c1-10(20)13-9-19-14-6-5-11(17)8-12(14)16(13)15-4-2-3-7-18-15;1-6(15)9-5-14-10-3-2-7(13)4-8(10)11(9)12/h2-9H,1H3;2-5H,1H3. The average Bonchev–Trinajstić information content (AvgIpc) is 2.84. The molecule has 0 radical (unpaired) electrons. The van der Waals surface area contributed by atoms with Crippen LogP contribution in [0.1, 0.15) is 34.6 Å². The molecule has 0 aliphatic carbocycles. The summed E-state index contributed by atoms with van der Waals surface area (Å²) in [5, 5.41) is 1.31. The Balaban J connectivity index is 0.000000172. The second-order valence-corrected chi connectivity index (χ2v) is 8.06. The Kier molecular flexibility index (Phi) is 6.89. The van der Waals surface area contributed by atoms with Crippen LogP contribution in [0.2, 0.25) is 5.02 Å². The summed E-state index contributed by atoms with van der Waals surface area (Å²) < 4.78 is 26.5. The molecule has 8 heteroatoms. The fourth-order valence-corrected chi connectivity index (χ4v) is 3.93. The van der Waals surface area contributed by atoms with Crippen LogP contribution >= 0.6 is 11.6 Å². The summed E-state index contributed by atoms with van der Waals surface area (Å²) >= 11 is 5.98. The number of fused-ring (bicyclic) bond motifs is 2. The number of ketones is 2. The molecule has 5 nitrogen and oxygen atoms in total. The number of Topliss-reactive ketones (excluding diaryl/α,β-unsaturated/α-hetero) is 2. The molecule has 5 aromatic rings. The number of carbonyl (C=O) groups excluding carboxylic acids is 2. The first-order valence-electron chi connectivity index (χ1n) is 10.5. The van der Waals surface area contributed by atoms with Crippen molar-refractivity contribution in [3.8, 4) is 11.3 Å². The summed E-state index contributed by atoms with van der Waals surface area (Å²) in [6.07, 6.45) is 4.57. The van der Waals surface area contributed by atoms with Crippen molar-refractivity contribution in [3.63, 3.8) is 0 Å². The number of aromatic nitrogens is 3. The maximum Gasteiger partial charge on any atom is 0.162 e. The monoisotopic (exact) mass is 489 g/mol. The molecule has 0 bridgehead atoms. The van der Waals surface area contributed by atoms with E-state index in [0.717, 1.165) is 0 Å². The summed E-state index contributed by atoms with van der Waals surface area (Å²) in [6.45, 7) is 2.86. The summed E-state index contributed by atoms with van der Waals surface area (Å²) in [5.41, 5.74) is 3.23. The molecule has 3 heterocycles. The van der Waals surface area contributed by atoms with Gasteiger partial charge in [0.05, 0.1) is 27.3 Å². The third kappa shape index (κ3) is 5.05. The van der Waals surface area contributed by atoms with E-state index >= 15 is 0 Å². The quantitative estimate of drug-likeness (QED) is 0.259. The molecule has 5 rings (SSSR count). The van der Waals surface area contributed by atoms with Gasteiger partial charge in [-0.25, -0.2) is 8.78 Å². The smallest absolute Gasteiger partial charge is 0.162 e. The number of nitrogens with zero attached hydrogens (tertiary/aromatic N) is 3. The van der Waals surface area contributed by atoms with E-state index in [1.165, 1.54) is 56.6 Å². The van der Waals surface area contributed by atoms with Gasteiger partial charge in [-0.2, -0.15) is 0 Å². The molecule has 0 aliphatic heterocycles. The number of halogens is 3. The average molecular weight is 490 g/mol. The molecule has 0 amide bonds. The SMILES string of the molecule is CC(=O)c1cnc2ccc(F)cc2c1-c1ccccn1.CC(=O)c1cnc2ccc(F)cc2c1Cl. The van der Waals surface area contributed by atoms with Gasteiger partial charge in [0.25, 0.3) is 0 Å². The van der Waals surface area contributed by atoms with Crippen LogP contribution in [-0.4, -0.2) is 26.5 Å². The lowest BCUT2D eigenvalue weighted by Crippen LogP contribution is -2.00. The number of hydrogen-bond donors (Lipinski definition) is 0. The van der Waals surface area contributed by atoms with Gasteiger partial charge in [0, 0.05) is 40.5 Å². The van der Waals surface area contributed by atoms with Crippen LogP contribution in [0, 0.1) is 11.6 Å². The van der Waals surface area contributed by atoms with E-state index in [1.807, 2.05) is 6.07 Å². The van der Waals surface area contributed by atoms with Crippen LogP contribution in [0.15, 0.2) is 73.2 Å². The fourth-order valence-electron chi connectivity index (χ4n) is 3.60. The highest BCUT2D eigenvalue weighted by atomic mass is 35.5. The molecule has 0 saturated carbocycles. The van der Waals surface area contributed by atoms with Crippen molar-refractivity contribution in [1.82, 2.24) is 15.0 Å². The Bertz CT molecular complexity index is 1590. The van der Waals surface area contributed by atoms with Gasteiger partial charge in [0.15, 0.2) is 11.6 Å². The predicted molar refractivity (Wildman–Crippen MR) is 132 cm³/mol. The number of benzene rings is 2. The van der Waals surface area contributed by atoms with Crippen LogP contribution in [0.3, 0.4) is 0 Å². The lowest BCUT2D eigenvalue weighted by atomic mass is 9.98. The van der Waals surface area contributed by atoms with E-state index in [4.69, 9.17) is 11.6 Å². The summed E-state index contributed by atoms with van der Waals surface area (Å²) in [4.78, 5) is 35.5. The van der Waals surface area contributed by atoms with Crippen LogP contribution in [0.4, 0.5) is 8.78 Å². The van der Waals surface area contributed by atoms with Crippen molar-refractivity contribution in [2.75, 3.05) is 0 Å². The first kappa shape index (κ1) is 24.0. The molecule has 0 unspecified atom stereocenters. The molecule has 2 aromatic carbocycles. The Labute approximate surface area is 204 Å². The zero-order chi connectivity index (χ0) is 25.1. The number of pyridine rings is 3. The Hall–Kier alpha value is -4.10. The number of carbonyl (C=O) groups is 2. The predicted octanol–water partition coefficient (Wildman–Crippen LogP) is 6.87. The van der Waals surface area contributed by atoms with E-state index in [1.54, 1.807) is 24.4 Å². The van der Waals surface area contributed by atoms with Crippen LogP contribution in [-0.2, 0) is 0 Å². The van der Waals surface area contributed by atoms with Gasteiger partial charge in [0.2, 0.25) is 0 Å². The fraction of sp³-hybridized carbons (Fsp3) is 0.0741. The topological polar surface area (TPSA) is 72.8 Å². The lowest BCUT2D eigenvalue weighted by Gasteiger charge is -2.10. The molecule has 0 spiro atoms. The van der Waals surface area contributed by atoms with Crippen LogP contribution in [0.5, 0.6) is 0 Å². The van der Waals surface area contributed by atoms with Gasteiger partial charge in [-0.3, -0.25) is 24.5 Å². The van der Waals surface area contributed by atoms with Crippen molar-refractivity contribution in [3.05, 3.63) is 101 Å². The minimum Gasteiger partial charge on any atom is -0.294 e. The molecule has 174 valence electrons. The summed E-state index contributed by atoms with van der Waals surface area (Å²) in [5.74, 6) is -1.06. The molecule has 0 saturated heterocycles. The Morgan fingerprint density at radius 1 is 0.743 bits per heavy atom. The molecule has 35 heavy (non-hydrogen) atoms. The third-order valence-corrected chi connectivity index (χ3v) is 5.68. The van der Waals surface area contributed by atoms with Crippen molar-refractivity contribution in [2.45, 2.75) is 13.8 Å². The third-order valence-electron chi connectivity index (χ3n) is 5.27. The second kappa shape index (κ2) is 10.0. The van der Waals surface area contributed by atoms with E-state index in [-0.39, 0.29) is 22.4 Å². The highest BCUT2D eigenvalue weighted by Crippen LogP contribution is 2.30.